The number of rotatable bonds is 6. The van der Waals surface area contributed by atoms with Gasteiger partial charge in [-0.1, -0.05) is 0 Å². The maximum Gasteiger partial charge on any atom is 0.269 e. The van der Waals surface area contributed by atoms with Crippen LogP contribution in [0, 0.1) is 10.1 Å². The first-order chi connectivity index (χ1) is 13.5. The summed E-state index contributed by atoms with van der Waals surface area (Å²) in [6.07, 6.45) is 0. The number of nitro groups is 1. The third-order valence-electron chi connectivity index (χ3n) is 5.02. The highest BCUT2D eigenvalue weighted by Gasteiger charge is 2.25. The summed E-state index contributed by atoms with van der Waals surface area (Å²) in [6.45, 7) is 3.75. The third kappa shape index (κ3) is 4.40. The maximum absolute atomic E-state index is 12.6. The number of piperazine rings is 1. The lowest BCUT2D eigenvalue weighted by atomic mass is 10.1. The minimum atomic E-state index is -0.468. The number of benzene rings is 2. The number of carbonyl (C=O) groups is 1. The minimum absolute atomic E-state index is 0.0146. The summed E-state index contributed by atoms with van der Waals surface area (Å²) in [5, 5.41) is 10.7. The van der Waals surface area contributed by atoms with Crippen LogP contribution in [0.2, 0.25) is 0 Å². The van der Waals surface area contributed by atoms with E-state index in [0.29, 0.717) is 18.7 Å². The minimum Gasteiger partial charge on any atom is -0.497 e. The number of nitro benzene ring substituents is 1. The van der Waals surface area contributed by atoms with Crippen LogP contribution in [0.3, 0.4) is 0 Å². The van der Waals surface area contributed by atoms with Gasteiger partial charge in [-0.3, -0.25) is 14.9 Å². The number of hydrogen-bond acceptors (Lipinski definition) is 5. The monoisotopic (exact) mass is 386 g/mol. The number of ether oxygens (including phenoxy) is 2. The van der Waals surface area contributed by atoms with E-state index in [0.717, 1.165) is 36.7 Å². The molecule has 1 aliphatic rings. The highest BCUT2D eigenvalue weighted by atomic mass is 16.6. The Morgan fingerprint density at radius 2 is 1.79 bits per heavy atom. The molecule has 1 amide bonds. The smallest absolute Gasteiger partial charge is 0.269 e. The average Bonchev–Trinajstić information content (AvgIpc) is 2.74. The Morgan fingerprint density at radius 3 is 2.36 bits per heavy atom. The van der Waals surface area contributed by atoms with Gasteiger partial charge in [0.2, 0.25) is 0 Å². The van der Waals surface area contributed by atoms with E-state index in [-0.39, 0.29) is 11.6 Å². The molecule has 1 aliphatic heterocycles. The molecule has 0 saturated carbocycles. The Labute approximate surface area is 163 Å². The third-order valence-corrected chi connectivity index (χ3v) is 5.02. The molecule has 8 nitrogen and oxygen atoms in total. The zero-order valence-electron chi connectivity index (χ0n) is 16.0. The molecule has 2 aromatic rings. The first-order valence-electron chi connectivity index (χ1n) is 9.10. The maximum atomic E-state index is 12.6. The topological polar surface area (TPSA) is 86.4 Å². The first-order valence-corrected chi connectivity index (χ1v) is 9.10. The molecule has 0 spiro atoms. The Hall–Kier alpha value is -3.13. The lowest BCUT2D eigenvalue weighted by Crippen LogP contribution is -3.13. The van der Waals surface area contributed by atoms with Gasteiger partial charge >= 0.3 is 0 Å². The van der Waals surface area contributed by atoms with Gasteiger partial charge in [0.15, 0.2) is 0 Å². The van der Waals surface area contributed by atoms with Gasteiger partial charge in [0.05, 0.1) is 45.3 Å². The molecule has 3 rings (SSSR count). The van der Waals surface area contributed by atoms with E-state index in [4.69, 9.17) is 9.47 Å². The van der Waals surface area contributed by atoms with Gasteiger partial charge in [-0.05, 0) is 24.3 Å². The van der Waals surface area contributed by atoms with Gasteiger partial charge in [0.25, 0.3) is 11.6 Å². The Balaban J connectivity index is 1.58. The van der Waals surface area contributed by atoms with Gasteiger partial charge < -0.3 is 19.3 Å². The molecule has 1 heterocycles. The molecule has 2 aromatic carbocycles. The lowest BCUT2D eigenvalue weighted by molar-refractivity contribution is -0.917. The molecular formula is C20H24N3O5+. The van der Waals surface area contributed by atoms with Crippen LogP contribution < -0.4 is 14.4 Å². The van der Waals surface area contributed by atoms with Gasteiger partial charge in [-0.25, -0.2) is 0 Å². The zero-order valence-corrected chi connectivity index (χ0v) is 16.0. The quantitative estimate of drug-likeness (QED) is 0.595. The molecular weight excluding hydrogens is 362 g/mol. The fraction of sp³-hybridized carbons (Fsp3) is 0.350. The van der Waals surface area contributed by atoms with Crippen LogP contribution in [0.4, 0.5) is 5.69 Å². The molecule has 148 valence electrons. The van der Waals surface area contributed by atoms with E-state index in [1.807, 2.05) is 18.2 Å². The molecule has 8 heteroatoms. The van der Waals surface area contributed by atoms with E-state index in [1.165, 1.54) is 29.2 Å². The predicted octanol–water partition coefficient (Wildman–Crippen LogP) is 1.15. The van der Waals surface area contributed by atoms with E-state index < -0.39 is 4.92 Å². The number of nitrogens with one attached hydrogen (secondary N) is 1. The Morgan fingerprint density at radius 1 is 1.11 bits per heavy atom. The summed E-state index contributed by atoms with van der Waals surface area (Å²) < 4.78 is 10.7. The van der Waals surface area contributed by atoms with E-state index in [9.17, 15) is 14.9 Å². The van der Waals surface area contributed by atoms with Crippen LogP contribution in [0.1, 0.15) is 15.9 Å². The van der Waals surface area contributed by atoms with Crippen molar-refractivity contribution in [3.8, 4) is 11.5 Å². The summed E-state index contributed by atoms with van der Waals surface area (Å²) in [5.74, 6) is 1.47. The van der Waals surface area contributed by atoms with Gasteiger partial charge in [-0.2, -0.15) is 0 Å². The SMILES string of the molecule is COc1ccc(C[NH+]2CCN(C(=O)c3ccc([N+](=O)[O-])cc3)CC2)c(OC)c1. The number of hydrogen-bond donors (Lipinski definition) is 1. The van der Waals surface area contributed by atoms with Crippen molar-refractivity contribution < 1.29 is 24.1 Å². The predicted molar refractivity (Wildman–Crippen MR) is 103 cm³/mol. The standard InChI is InChI=1S/C20H23N3O5/c1-27-18-8-5-16(19(13-18)28-2)14-21-9-11-22(12-10-21)20(24)15-3-6-17(7-4-15)23(25)26/h3-8,13H,9-12,14H2,1-2H3/p+1. The van der Waals surface area contributed by atoms with Crippen LogP contribution in [-0.4, -0.2) is 56.1 Å². The number of amides is 1. The normalized spacial score (nSPS) is 14.6. The molecule has 1 fully saturated rings. The largest absolute Gasteiger partial charge is 0.497 e. The van der Waals surface area contributed by atoms with Crippen LogP contribution in [0.25, 0.3) is 0 Å². The van der Waals surface area contributed by atoms with Gasteiger partial charge in [0.1, 0.15) is 18.0 Å². The van der Waals surface area contributed by atoms with Crippen molar-refractivity contribution in [1.29, 1.82) is 0 Å². The van der Waals surface area contributed by atoms with Gasteiger partial charge in [0, 0.05) is 29.3 Å². The lowest BCUT2D eigenvalue weighted by Gasteiger charge is -2.32. The summed E-state index contributed by atoms with van der Waals surface area (Å²) in [7, 11) is 3.27. The Kier molecular flexibility index (Phi) is 6.10. The van der Waals surface area contributed by atoms with Crippen molar-refractivity contribution in [2.24, 2.45) is 0 Å². The second-order valence-electron chi connectivity index (χ2n) is 6.70. The van der Waals surface area contributed by atoms with Crippen LogP contribution >= 0.6 is 0 Å². The van der Waals surface area contributed by atoms with E-state index >= 15 is 0 Å². The number of nitrogens with zero attached hydrogens (tertiary/aromatic N) is 2. The van der Waals surface area contributed by atoms with Crippen LogP contribution in [0.15, 0.2) is 42.5 Å². The number of methoxy groups -OCH3 is 2. The van der Waals surface area contributed by atoms with Crippen molar-refractivity contribution in [3.05, 3.63) is 63.7 Å². The van der Waals surface area contributed by atoms with Crippen molar-refractivity contribution in [3.63, 3.8) is 0 Å². The molecule has 0 bridgehead atoms. The molecule has 0 atom stereocenters. The van der Waals surface area contributed by atoms with Crippen molar-refractivity contribution >= 4 is 11.6 Å². The molecule has 1 N–H and O–H groups in total. The molecule has 28 heavy (non-hydrogen) atoms. The fourth-order valence-corrected chi connectivity index (χ4v) is 3.38. The van der Waals surface area contributed by atoms with Crippen LogP contribution in [-0.2, 0) is 6.54 Å². The molecule has 0 aliphatic carbocycles. The summed E-state index contributed by atoms with van der Waals surface area (Å²) in [5.41, 5.74) is 1.57. The number of carbonyl (C=O) groups excluding carboxylic acids is 1. The van der Waals surface area contributed by atoms with Gasteiger partial charge in [-0.15, -0.1) is 0 Å². The summed E-state index contributed by atoms with van der Waals surface area (Å²) in [4.78, 5) is 26.1. The number of quaternary nitrogens is 1. The second kappa shape index (κ2) is 8.71. The molecule has 0 unspecified atom stereocenters. The fourth-order valence-electron chi connectivity index (χ4n) is 3.38. The van der Waals surface area contributed by atoms with Crippen molar-refractivity contribution in [1.82, 2.24) is 4.90 Å². The Bertz CT molecular complexity index is 845. The molecule has 1 saturated heterocycles. The average molecular weight is 386 g/mol. The number of non-ortho nitro benzene ring substituents is 1. The second-order valence-corrected chi connectivity index (χ2v) is 6.70. The molecule has 0 aromatic heterocycles. The van der Waals surface area contributed by atoms with Crippen LogP contribution in [0.5, 0.6) is 11.5 Å². The molecule has 0 radical (unpaired) electrons. The zero-order chi connectivity index (χ0) is 20.1. The van der Waals surface area contributed by atoms with Crippen molar-refractivity contribution in [2.45, 2.75) is 6.54 Å². The van der Waals surface area contributed by atoms with E-state index in [1.54, 1.807) is 19.1 Å². The summed E-state index contributed by atoms with van der Waals surface area (Å²) >= 11 is 0. The highest BCUT2D eigenvalue weighted by Crippen LogP contribution is 2.24. The summed E-state index contributed by atoms with van der Waals surface area (Å²) in [6, 6.07) is 11.6. The highest BCUT2D eigenvalue weighted by molar-refractivity contribution is 5.94. The van der Waals surface area contributed by atoms with Crippen molar-refractivity contribution in [2.75, 3.05) is 40.4 Å². The first kappa shape index (κ1) is 19.6. The van der Waals surface area contributed by atoms with E-state index in [2.05, 4.69) is 0 Å².